The number of carbonyl (C=O) groups is 1. The largest absolute Gasteiger partial charge is 0.545 e. The van der Waals surface area contributed by atoms with Crippen LogP contribution in [-0.2, 0) is 10.0 Å². The highest BCUT2D eigenvalue weighted by atomic mass is 32.2. The fraction of sp³-hybridized carbons (Fsp3) is 0.0870. The molecule has 0 amide bonds. The number of hydrogen-bond acceptors (Lipinski definition) is 7. The zero-order chi connectivity index (χ0) is 22.9. The molecule has 0 spiro atoms. The number of aromatic nitrogens is 2. The minimum atomic E-state index is -3.97. The van der Waals surface area contributed by atoms with Crippen molar-refractivity contribution in [3.8, 4) is 0 Å². The first kappa shape index (κ1) is 21.3. The number of hydrogen-bond donors (Lipinski definition) is 2. The molecule has 0 aliphatic carbocycles. The molecule has 8 nitrogen and oxygen atoms in total. The van der Waals surface area contributed by atoms with Gasteiger partial charge in [-0.25, -0.2) is 18.4 Å². The van der Waals surface area contributed by atoms with Gasteiger partial charge in [0.15, 0.2) is 11.6 Å². The number of rotatable bonds is 6. The Morgan fingerprint density at radius 1 is 0.875 bits per heavy atom. The van der Waals surface area contributed by atoms with Gasteiger partial charge in [-0.3, -0.25) is 4.72 Å². The Bertz CT molecular complexity index is 1450. The third kappa shape index (κ3) is 4.37. The number of para-hydroxylation sites is 2. The maximum atomic E-state index is 13.2. The Labute approximate surface area is 185 Å². The van der Waals surface area contributed by atoms with Crippen LogP contribution in [-0.4, -0.2) is 24.4 Å². The van der Waals surface area contributed by atoms with E-state index in [0.29, 0.717) is 22.3 Å². The van der Waals surface area contributed by atoms with Crippen molar-refractivity contribution < 1.29 is 18.3 Å². The zero-order valence-electron chi connectivity index (χ0n) is 17.3. The first-order valence-corrected chi connectivity index (χ1v) is 11.2. The van der Waals surface area contributed by atoms with Crippen molar-refractivity contribution in [1.29, 1.82) is 0 Å². The standard InChI is InChI=1S/C23H20N4O4S/c1-14-10-11-15(2)20(12-14)32(30,31)27-22-21(25-18-8-3-4-9-19(18)26-22)24-17-7-5-6-16(13-17)23(28)29/h3-13H,1-2H3,(H,24,25)(H,26,27)(H,28,29)/p-1. The summed E-state index contributed by atoms with van der Waals surface area (Å²) in [5, 5.41) is 14.2. The molecule has 1 aromatic heterocycles. The molecule has 0 atom stereocenters. The normalized spacial score (nSPS) is 11.3. The molecule has 0 saturated carbocycles. The van der Waals surface area contributed by atoms with Crippen molar-refractivity contribution in [2.24, 2.45) is 0 Å². The minimum absolute atomic E-state index is 0.0107. The summed E-state index contributed by atoms with van der Waals surface area (Å²) in [6, 6.07) is 18.1. The van der Waals surface area contributed by atoms with Gasteiger partial charge in [0.1, 0.15) is 0 Å². The Hall–Kier alpha value is -3.98. The third-order valence-electron chi connectivity index (χ3n) is 4.80. The summed E-state index contributed by atoms with van der Waals surface area (Å²) in [5.74, 6) is -1.20. The first-order valence-electron chi connectivity index (χ1n) is 9.68. The van der Waals surface area contributed by atoms with Crippen molar-refractivity contribution >= 4 is 44.3 Å². The van der Waals surface area contributed by atoms with Crippen LogP contribution < -0.4 is 15.1 Å². The number of aromatic carboxylic acids is 1. The number of carboxylic acids is 1. The van der Waals surface area contributed by atoms with Gasteiger partial charge in [-0.15, -0.1) is 0 Å². The van der Waals surface area contributed by atoms with E-state index in [1.165, 1.54) is 12.1 Å². The molecule has 0 aliphatic rings. The number of sulfonamides is 1. The number of benzene rings is 3. The van der Waals surface area contributed by atoms with Crippen LogP contribution in [0.25, 0.3) is 11.0 Å². The van der Waals surface area contributed by atoms with Crippen molar-refractivity contribution in [1.82, 2.24) is 9.97 Å². The van der Waals surface area contributed by atoms with E-state index in [4.69, 9.17) is 0 Å². The second-order valence-corrected chi connectivity index (χ2v) is 8.93. The van der Waals surface area contributed by atoms with E-state index >= 15 is 0 Å². The summed E-state index contributed by atoms with van der Waals surface area (Å²) in [5.41, 5.74) is 2.80. The molecule has 3 aromatic carbocycles. The number of fused-ring (bicyclic) bond motifs is 1. The van der Waals surface area contributed by atoms with Gasteiger partial charge in [0.2, 0.25) is 0 Å². The first-order chi connectivity index (χ1) is 15.2. The maximum absolute atomic E-state index is 13.2. The number of aryl methyl sites for hydroxylation is 2. The predicted octanol–water partition coefficient (Wildman–Crippen LogP) is 3.15. The van der Waals surface area contributed by atoms with E-state index in [1.54, 1.807) is 55.5 Å². The Balaban J connectivity index is 1.80. The summed E-state index contributed by atoms with van der Waals surface area (Å²) in [7, 11) is -3.97. The summed E-state index contributed by atoms with van der Waals surface area (Å²) >= 11 is 0. The Kier molecular flexibility index (Phi) is 5.50. The van der Waals surface area contributed by atoms with E-state index in [1.807, 2.05) is 13.0 Å². The second kappa shape index (κ2) is 8.27. The minimum Gasteiger partial charge on any atom is -0.545 e. The lowest BCUT2D eigenvalue weighted by molar-refractivity contribution is -0.255. The zero-order valence-corrected chi connectivity index (χ0v) is 18.1. The highest BCUT2D eigenvalue weighted by Crippen LogP contribution is 2.28. The van der Waals surface area contributed by atoms with Gasteiger partial charge in [-0.05, 0) is 60.9 Å². The fourth-order valence-corrected chi connectivity index (χ4v) is 4.54. The Morgan fingerprint density at radius 3 is 2.25 bits per heavy atom. The molecule has 0 fully saturated rings. The molecular formula is C23H19N4O4S-. The maximum Gasteiger partial charge on any atom is 0.263 e. The lowest BCUT2D eigenvalue weighted by Crippen LogP contribution is -2.22. The van der Waals surface area contributed by atoms with Gasteiger partial charge in [-0.1, -0.05) is 36.4 Å². The molecule has 4 aromatic rings. The summed E-state index contributed by atoms with van der Waals surface area (Å²) in [6.45, 7) is 3.52. The van der Waals surface area contributed by atoms with E-state index in [9.17, 15) is 18.3 Å². The van der Waals surface area contributed by atoms with E-state index in [0.717, 1.165) is 5.56 Å². The SMILES string of the molecule is Cc1ccc(C)c(S(=O)(=O)Nc2nc3ccccc3nc2Nc2cccc(C(=O)[O-])c2)c1. The number of nitrogens with zero attached hydrogens (tertiary/aromatic N) is 2. The average Bonchev–Trinajstić information content (AvgIpc) is 2.75. The van der Waals surface area contributed by atoms with Crippen molar-refractivity contribution in [3.05, 3.63) is 83.4 Å². The van der Waals surface area contributed by atoms with Crippen LogP contribution in [0.15, 0.2) is 71.6 Å². The van der Waals surface area contributed by atoms with E-state index in [-0.39, 0.29) is 22.1 Å². The number of carbonyl (C=O) groups excluding carboxylic acids is 1. The monoisotopic (exact) mass is 447 g/mol. The van der Waals surface area contributed by atoms with Crippen LogP contribution in [0.1, 0.15) is 21.5 Å². The molecule has 1 heterocycles. The molecule has 0 aliphatic heterocycles. The average molecular weight is 447 g/mol. The molecule has 0 bridgehead atoms. The van der Waals surface area contributed by atoms with Gasteiger partial charge in [-0.2, -0.15) is 0 Å². The van der Waals surface area contributed by atoms with Crippen molar-refractivity contribution in [3.63, 3.8) is 0 Å². The molecule has 4 rings (SSSR count). The topological polar surface area (TPSA) is 124 Å². The molecule has 162 valence electrons. The summed E-state index contributed by atoms with van der Waals surface area (Å²) < 4.78 is 28.9. The molecule has 0 radical (unpaired) electrons. The molecule has 0 unspecified atom stereocenters. The molecular weight excluding hydrogens is 428 g/mol. The smallest absolute Gasteiger partial charge is 0.263 e. The van der Waals surface area contributed by atoms with Crippen LogP contribution in [0.3, 0.4) is 0 Å². The third-order valence-corrected chi connectivity index (χ3v) is 6.28. The Morgan fingerprint density at radius 2 is 1.56 bits per heavy atom. The number of carboxylic acid groups (broad SMARTS) is 1. The quantitative estimate of drug-likeness (QED) is 0.465. The predicted molar refractivity (Wildman–Crippen MR) is 120 cm³/mol. The van der Waals surface area contributed by atoms with Crippen LogP contribution in [0.5, 0.6) is 0 Å². The van der Waals surface area contributed by atoms with Crippen LogP contribution in [0.2, 0.25) is 0 Å². The fourth-order valence-electron chi connectivity index (χ4n) is 3.20. The highest BCUT2D eigenvalue weighted by Gasteiger charge is 2.21. The summed E-state index contributed by atoms with van der Waals surface area (Å²) in [6.07, 6.45) is 0. The van der Waals surface area contributed by atoms with E-state index < -0.39 is 16.0 Å². The lowest BCUT2D eigenvalue weighted by Gasteiger charge is -2.15. The molecule has 0 saturated heterocycles. The van der Waals surface area contributed by atoms with Crippen molar-refractivity contribution in [2.45, 2.75) is 18.7 Å². The number of anilines is 3. The number of nitrogens with one attached hydrogen (secondary N) is 2. The van der Waals surface area contributed by atoms with Crippen LogP contribution in [0, 0.1) is 13.8 Å². The summed E-state index contributed by atoms with van der Waals surface area (Å²) in [4.78, 5) is 20.3. The highest BCUT2D eigenvalue weighted by molar-refractivity contribution is 7.92. The van der Waals surface area contributed by atoms with Gasteiger partial charge in [0.25, 0.3) is 10.0 Å². The van der Waals surface area contributed by atoms with Crippen LogP contribution >= 0.6 is 0 Å². The van der Waals surface area contributed by atoms with Crippen molar-refractivity contribution in [2.75, 3.05) is 10.0 Å². The van der Waals surface area contributed by atoms with Gasteiger partial charge >= 0.3 is 0 Å². The van der Waals surface area contributed by atoms with Gasteiger partial charge < -0.3 is 15.2 Å². The molecule has 32 heavy (non-hydrogen) atoms. The van der Waals surface area contributed by atoms with Gasteiger partial charge in [0, 0.05) is 5.69 Å². The van der Waals surface area contributed by atoms with E-state index in [2.05, 4.69) is 20.0 Å². The second-order valence-electron chi connectivity index (χ2n) is 7.28. The van der Waals surface area contributed by atoms with Crippen LogP contribution in [0.4, 0.5) is 17.3 Å². The molecule has 2 N–H and O–H groups in total. The lowest BCUT2D eigenvalue weighted by atomic mass is 10.2. The van der Waals surface area contributed by atoms with Gasteiger partial charge in [0.05, 0.1) is 21.9 Å². The molecule has 9 heteroatoms.